The van der Waals surface area contributed by atoms with Crippen molar-refractivity contribution in [3.63, 3.8) is 0 Å². The lowest BCUT2D eigenvalue weighted by Crippen LogP contribution is -2.64. The zero-order chi connectivity index (χ0) is 20.6. The molecule has 1 saturated heterocycles. The van der Waals surface area contributed by atoms with Crippen LogP contribution in [0.3, 0.4) is 0 Å². The normalized spacial score (nSPS) is 31.6. The van der Waals surface area contributed by atoms with Crippen molar-refractivity contribution in [2.45, 2.75) is 56.6 Å². The Kier molecular flexibility index (Phi) is 6.53. The monoisotopic (exact) mass is 404 g/mol. The Hall–Kier alpha value is -1.26. The van der Waals surface area contributed by atoms with Gasteiger partial charge in [-0.3, -0.25) is 0 Å². The Bertz CT molecular complexity index is 686. The summed E-state index contributed by atoms with van der Waals surface area (Å²) >= 11 is 6.12. The summed E-state index contributed by atoms with van der Waals surface area (Å²) in [6.07, 6.45) is -6.10. The number of hydrogen-bond acceptors (Lipinski definition) is 8. The first-order chi connectivity index (χ1) is 12.5. The van der Waals surface area contributed by atoms with Gasteiger partial charge in [0.1, 0.15) is 30.0 Å². The average molecular weight is 405 g/mol. The quantitative estimate of drug-likeness (QED) is 0.536. The molecule has 2 rings (SSSR count). The highest BCUT2D eigenvalue weighted by Crippen LogP contribution is 2.40. The molecule has 1 aliphatic rings. The van der Waals surface area contributed by atoms with Gasteiger partial charge < -0.3 is 34.6 Å². The average Bonchev–Trinajstić information content (AvgIpc) is 2.59. The summed E-state index contributed by atoms with van der Waals surface area (Å²) in [6.45, 7) is 4.49. The molecule has 0 spiro atoms. The van der Waals surface area contributed by atoms with Crippen molar-refractivity contribution >= 4 is 17.6 Å². The Morgan fingerprint density at radius 3 is 2.41 bits per heavy atom. The van der Waals surface area contributed by atoms with Crippen molar-refractivity contribution in [3.05, 3.63) is 34.3 Å². The number of esters is 1. The summed E-state index contributed by atoms with van der Waals surface area (Å²) in [4.78, 5) is 12.4. The van der Waals surface area contributed by atoms with Crippen molar-refractivity contribution in [3.8, 4) is 0 Å². The predicted molar refractivity (Wildman–Crippen MR) is 95.3 cm³/mol. The second-order valence-corrected chi connectivity index (χ2v) is 7.74. The minimum absolute atomic E-state index is 0.0116. The lowest BCUT2D eigenvalue weighted by atomic mass is 9.87. The number of aliphatic hydroxyl groups is 4. The number of methoxy groups -OCH3 is 1. The molecule has 1 fully saturated rings. The molecule has 27 heavy (non-hydrogen) atoms. The molecular weight excluding hydrogens is 380 g/mol. The van der Waals surface area contributed by atoms with Gasteiger partial charge in [0.05, 0.1) is 17.2 Å². The third-order valence-corrected chi connectivity index (χ3v) is 4.57. The minimum Gasteiger partial charge on any atom is -0.456 e. The second-order valence-electron chi connectivity index (χ2n) is 7.33. The highest BCUT2D eigenvalue weighted by atomic mass is 35.5. The van der Waals surface area contributed by atoms with E-state index in [-0.39, 0.29) is 16.1 Å². The summed E-state index contributed by atoms with van der Waals surface area (Å²) in [6, 6.07) is 4.17. The summed E-state index contributed by atoms with van der Waals surface area (Å²) in [5.74, 6) is -2.63. The van der Waals surface area contributed by atoms with Crippen LogP contribution in [0, 0.1) is 0 Å². The van der Waals surface area contributed by atoms with Crippen molar-refractivity contribution in [2.24, 2.45) is 0 Å². The standard InChI is InChI=1S/C18H25ClO8/c1-17(2,3)27-16(24)10-7-9(5-6-11(10)19)18(25-4)15(23)14(22)13(21)12(8-20)26-18/h5-7,12-15,20-23H,8H2,1-4H3/t12-,13-,14+,15-,18?/m1/s1. The molecule has 0 aliphatic carbocycles. The number of rotatable bonds is 4. The van der Waals surface area contributed by atoms with Gasteiger partial charge in [0.2, 0.25) is 5.79 Å². The molecule has 4 N–H and O–H groups in total. The highest BCUT2D eigenvalue weighted by molar-refractivity contribution is 6.33. The fourth-order valence-corrected chi connectivity index (χ4v) is 3.09. The zero-order valence-electron chi connectivity index (χ0n) is 15.5. The molecule has 9 heteroatoms. The Balaban J connectivity index is 2.51. The lowest BCUT2D eigenvalue weighted by Gasteiger charge is -2.47. The minimum atomic E-state index is -1.94. The summed E-state index contributed by atoms with van der Waals surface area (Å²) < 4.78 is 16.3. The molecule has 1 unspecified atom stereocenters. The van der Waals surface area contributed by atoms with Gasteiger partial charge in [-0.15, -0.1) is 0 Å². The number of halogens is 1. The molecule has 1 aliphatic heterocycles. The van der Waals surface area contributed by atoms with E-state index in [0.717, 1.165) is 0 Å². The molecule has 152 valence electrons. The van der Waals surface area contributed by atoms with Crippen LogP contribution in [0.1, 0.15) is 36.7 Å². The Morgan fingerprint density at radius 1 is 1.26 bits per heavy atom. The maximum absolute atomic E-state index is 12.4. The van der Waals surface area contributed by atoms with Crippen molar-refractivity contribution in [2.75, 3.05) is 13.7 Å². The smallest absolute Gasteiger partial charge is 0.340 e. The van der Waals surface area contributed by atoms with Crippen LogP contribution in [-0.2, 0) is 20.0 Å². The highest BCUT2D eigenvalue weighted by Gasteiger charge is 2.55. The fourth-order valence-electron chi connectivity index (χ4n) is 2.90. The molecular formula is C18H25ClO8. The molecule has 1 aromatic rings. The lowest BCUT2D eigenvalue weighted by molar-refractivity contribution is -0.366. The van der Waals surface area contributed by atoms with Crippen LogP contribution in [0.15, 0.2) is 18.2 Å². The van der Waals surface area contributed by atoms with Crippen LogP contribution < -0.4 is 0 Å². The van der Waals surface area contributed by atoms with Gasteiger partial charge in [0.25, 0.3) is 0 Å². The van der Waals surface area contributed by atoms with Gasteiger partial charge in [-0.2, -0.15) is 0 Å². The van der Waals surface area contributed by atoms with E-state index in [4.69, 9.17) is 25.8 Å². The van der Waals surface area contributed by atoms with Gasteiger partial charge >= 0.3 is 5.97 Å². The van der Waals surface area contributed by atoms with E-state index in [1.54, 1.807) is 20.8 Å². The van der Waals surface area contributed by atoms with Crippen molar-refractivity contribution in [1.82, 2.24) is 0 Å². The van der Waals surface area contributed by atoms with Crippen LogP contribution in [-0.4, -0.2) is 70.1 Å². The summed E-state index contributed by atoms with van der Waals surface area (Å²) in [7, 11) is 1.23. The van der Waals surface area contributed by atoms with Crippen LogP contribution in [0.4, 0.5) is 0 Å². The van der Waals surface area contributed by atoms with E-state index in [1.165, 1.54) is 25.3 Å². The van der Waals surface area contributed by atoms with Crippen molar-refractivity contribution < 1.29 is 39.4 Å². The van der Waals surface area contributed by atoms with E-state index in [0.29, 0.717) is 0 Å². The molecule has 5 atom stereocenters. The Morgan fingerprint density at radius 2 is 1.89 bits per heavy atom. The topological polar surface area (TPSA) is 126 Å². The van der Waals surface area contributed by atoms with Gasteiger partial charge in [0.15, 0.2) is 0 Å². The number of hydrogen-bond donors (Lipinski definition) is 4. The van der Waals surface area contributed by atoms with Gasteiger partial charge in [-0.25, -0.2) is 4.79 Å². The number of carbonyl (C=O) groups excluding carboxylic acids is 1. The van der Waals surface area contributed by atoms with Crippen LogP contribution in [0.2, 0.25) is 5.02 Å². The maximum atomic E-state index is 12.4. The van der Waals surface area contributed by atoms with Crippen LogP contribution >= 0.6 is 11.6 Å². The number of benzene rings is 1. The van der Waals surface area contributed by atoms with Gasteiger partial charge in [-0.05, 0) is 32.9 Å². The van der Waals surface area contributed by atoms with E-state index in [9.17, 15) is 25.2 Å². The van der Waals surface area contributed by atoms with E-state index >= 15 is 0 Å². The predicted octanol–water partition coefficient (Wildman–Crippen LogP) is 0.568. The number of ether oxygens (including phenoxy) is 3. The van der Waals surface area contributed by atoms with Crippen LogP contribution in [0.25, 0.3) is 0 Å². The van der Waals surface area contributed by atoms with E-state index in [1.807, 2.05) is 0 Å². The SMILES string of the molecule is COC1(c2ccc(Cl)c(C(=O)OC(C)(C)C)c2)O[C@H](CO)[C@@H](O)[C@H](O)[C@H]1O. The molecule has 0 aromatic heterocycles. The first-order valence-corrected chi connectivity index (χ1v) is 8.76. The molecule has 0 saturated carbocycles. The number of aliphatic hydroxyl groups excluding tert-OH is 4. The fraction of sp³-hybridized carbons (Fsp3) is 0.611. The Labute approximate surface area is 162 Å². The van der Waals surface area contributed by atoms with Crippen LogP contribution in [0.5, 0.6) is 0 Å². The third-order valence-electron chi connectivity index (χ3n) is 4.24. The van der Waals surface area contributed by atoms with E-state index < -0.39 is 48.4 Å². The largest absolute Gasteiger partial charge is 0.456 e. The molecule has 0 amide bonds. The molecule has 1 aromatic carbocycles. The van der Waals surface area contributed by atoms with E-state index in [2.05, 4.69) is 0 Å². The molecule has 1 heterocycles. The van der Waals surface area contributed by atoms with Gasteiger partial charge in [-0.1, -0.05) is 17.7 Å². The molecule has 0 radical (unpaired) electrons. The van der Waals surface area contributed by atoms with Crippen molar-refractivity contribution in [1.29, 1.82) is 0 Å². The first kappa shape index (κ1) is 22.0. The summed E-state index contributed by atoms with van der Waals surface area (Å²) in [5, 5.41) is 40.2. The molecule has 8 nitrogen and oxygen atoms in total. The number of carbonyl (C=O) groups is 1. The first-order valence-electron chi connectivity index (χ1n) is 8.38. The summed E-state index contributed by atoms with van der Waals surface area (Å²) in [5.41, 5.74) is -0.581. The maximum Gasteiger partial charge on any atom is 0.340 e. The third kappa shape index (κ3) is 4.27. The van der Waals surface area contributed by atoms with Gasteiger partial charge in [0, 0.05) is 12.7 Å². The molecule has 0 bridgehead atoms. The second kappa shape index (κ2) is 8.00. The zero-order valence-corrected chi connectivity index (χ0v) is 16.3.